The zero-order valence-corrected chi connectivity index (χ0v) is 16.8. The van der Waals surface area contributed by atoms with Crippen LogP contribution in [0.5, 0.6) is 0 Å². The third-order valence-corrected chi connectivity index (χ3v) is 4.09. The molecule has 0 fully saturated rings. The van der Waals surface area contributed by atoms with Crippen molar-refractivity contribution in [2.45, 2.75) is 26.7 Å². The average Bonchev–Trinajstić information content (AvgIpc) is 2.67. The van der Waals surface area contributed by atoms with Crippen molar-refractivity contribution in [2.75, 3.05) is 5.32 Å². The molecule has 0 saturated carbocycles. The number of hydrogen-bond acceptors (Lipinski definition) is 4. The zero-order valence-electron chi connectivity index (χ0n) is 16.0. The Bertz CT molecular complexity index is 932. The van der Waals surface area contributed by atoms with E-state index in [1.807, 2.05) is 32.0 Å². The van der Waals surface area contributed by atoms with Crippen LogP contribution in [0.3, 0.4) is 0 Å². The molecule has 2 aromatic rings. The lowest BCUT2D eigenvalue weighted by Gasteiger charge is -2.11. The zero-order chi connectivity index (χ0) is 21.4. The first-order valence-electron chi connectivity index (χ1n) is 8.77. The second-order valence-corrected chi connectivity index (χ2v) is 6.74. The summed E-state index contributed by atoms with van der Waals surface area (Å²) in [6, 6.07) is 10.6. The van der Waals surface area contributed by atoms with E-state index in [9.17, 15) is 18.8 Å². The standard InChI is InChI=1S/C20H21FN4O3S/c1-12-3-8-16(13(2)11-12)22-17(26)9-10-18(27)24-25-20(29)23-19(28)14-4-6-15(21)7-5-14/h3-8,11H,9-10H2,1-2H3,(H,22,26)(H,24,27)(H2,23,25,28,29). The van der Waals surface area contributed by atoms with Crippen molar-refractivity contribution in [2.24, 2.45) is 0 Å². The number of aryl methyl sites for hydroxylation is 2. The number of anilines is 1. The molecule has 0 aliphatic rings. The number of hydrazine groups is 1. The highest BCUT2D eigenvalue weighted by Crippen LogP contribution is 2.16. The Morgan fingerprint density at radius 3 is 2.24 bits per heavy atom. The summed E-state index contributed by atoms with van der Waals surface area (Å²) in [6.45, 7) is 3.85. The van der Waals surface area contributed by atoms with Gasteiger partial charge in [0, 0.05) is 24.1 Å². The molecule has 0 radical (unpaired) electrons. The molecule has 0 aliphatic heterocycles. The molecule has 29 heavy (non-hydrogen) atoms. The lowest BCUT2D eigenvalue weighted by Crippen LogP contribution is -2.48. The average molecular weight is 416 g/mol. The molecule has 0 saturated heterocycles. The van der Waals surface area contributed by atoms with Crippen LogP contribution in [0, 0.1) is 19.7 Å². The summed E-state index contributed by atoms with van der Waals surface area (Å²) < 4.78 is 12.9. The van der Waals surface area contributed by atoms with E-state index in [0.29, 0.717) is 5.69 Å². The van der Waals surface area contributed by atoms with E-state index >= 15 is 0 Å². The lowest BCUT2D eigenvalue weighted by atomic mass is 10.1. The first-order valence-corrected chi connectivity index (χ1v) is 9.18. The van der Waals surface area contributed by atoms with E-state index in [4.69, 9.17) is 12.2 Å². The monoisotopic (exact) mass is 416 g/mol. The van der Waals surface area contributed by atoms with Gasteiger partial charge in [0.2, 0.25) is 11.8 Å². The predicted molar refractivity (Wildman–Crippen MR) is 112 cm³/mol. The van der Waals surface area contributed by atoms with Crippen molar-refractivity contribution in [3.05, 3.63) is 65.0 Å². The molecule has 0 atom stereocenters. The van der Waals surface area contributed by atoms with E-state index in [0.717, 1.165) is 23.3 Å². The molecule has 152 valence electrons. The van der Waals surface area contributed by atoms with Crippen molar-refractivity contribution < 1.29 is 18.8 Å². The quantitative estimate of drug-likeness (QED) is 0.443. The number of hydrogen-bond donors (Lipinski definition) is 4. The number of nitrogens with one attached hydrogen (secondary N) is 4. The molecule has 3 amide bonds. The van der Waals surface area contributed by atoms with Crippen LogP contribution < -0.4 is 21.5 Å². The van der Waals surface area contributed by atoms with Gasteiger partial charge in [-0.2, -0.15) is 0 Å². The van der Waals surface area contributed by atoms with Crippen LogP contribution in [-0.4, -0.2) is 22.8 Å². The SMILES string of the molecule is Cc1ccc(NC(=O)CCC(=O)NNC(=S)NC(=O)c2ccc(F)cc2)c(C)c1. The van der Waals surface area contributed by atoms with Crippen molar-refractivity contribution in [1.82, 2.24) is 16.2 Å². The number of carbonyl (C=O) groups is 3. The van der Waals surface area contributed by atoms with Crippen molar-refractivity contribution in [3.8, 4) is 0 Å². The highest BCUT2D eigenvalue weighted by molar-refractivity contribution is 7.80. The second-order valence-electron chi connectivity index (χ2n) is 6.33. The fourth-order valence-corrected chi connectivity index (χ4v) is 2.53. The normalized spacial score (nSPS) is 10.0. The van der Waals surface area contributed by atoms with Gasteiger partial charge in [-0.15, -0.1) is 0 Å². The molecule has 0 heterocycles. The lowest BCUT2D eigenvalue weighted by molar-refractivity contribution is -0.124. The molecular weight excluding hydrogens is 395 g/mol. The van der Waals surface area contributed by atoms with Crippen LogP contribution >= 0.6 is 12.2 Å². The molecule has 9 heteroatoms. The summed E-state index contributed by atoms with van der Waals surface area (Å²) in [4.78, 5) is 35.8. The summed E-state index contributed by atoms with van der Waals surface area (Å²) in [5.41, 5.74) is 7.62. The topological polar surface area (TPSA) is 99.3 Å². The maximum absolute atomic E-state index is 12.9. The van der Waals surface area contributed by atoms with Crippen LogP contribution in [0.2, 0.25) is 0 Å². The molecular formula is C20H21FN4O3S. The Morgan fingerprint density at radius 2 is 1.59 bits per heavy atom. The van der Waals surface area contributed by atoms with Gasteiger partial charge in [-0.3, -0.25) is 30.6 Å². The smallest absolute Gasteiger partial charge is 0.257 e. The maximum atomic E-state index is 12.9. The molecule has 2 aromatic carbocycles. The van der Waals surface area contributed by atoms with Gasteiger partial charge in [-0.1, -0.05) is 17.7 Å². The van der Waals surface area contributed by atoms with Crippen LogP contribution in [0.15, 0.2) is 42.5 Å². The van der Waals surface area contributed by atoms with Gasteiger partial charge in [-0.05, 0) is 62.0 Å². The Balaban J connectivity index is 1.70. The first kappa shape index (κ1) is 22.0. The Labute approximate surface area is 173 Å². The minimum absolute atomic E-state index is 0.0183. The maximum Gasteiger partial charge on any atom is 0.257 e. The van der Waals surface area contributed by atoms with Gasteiger partial charge >= 0.3 is 0 Å². The van der Waals surface area contributed by atoms with E-state index in [1.54, 1.807) is 0 Å². The van der Waals surface area contributed by atoms with E-state index in [2.05, 4.69) is 21.5 Å². The van der Waals surface area contributed by atoms with Crippen LogP contribution in [0.4, 0.5) is 10.1 Å². The Morgan fingerprint density at radius 1 is 0.931 bits per heavy atom. The van der Waals surface area contributed by atoms with Crippen LogP contribution in [0.25, 0.3) is 0 Å². The van der Waals surface area contributed by atoms with Gasteiger partial charge < -0.3 is 5.32 Å². The summed E-state index contributed by atoms with van der Waals surface area (Å²) >= 11 is 4.91. The number of halogens is 1. The van der Waals surface area contributed by atoms with Crippen molar-refractivity contribution >= 4 is 40.7 Å². The minimum Gasteiger partial charge on any atom is -0.326 e. The fraction of sp³-hybridized carbons (Fsp3) is 0.200. The molecule has 4 N–H and O–H groups in total. The molecule has 7 nitrogen and oxygen atoms in total. The van der Waals surface area contributed by atoms with Gasteiger partial charge in [0.05, 0.1) is 0 Å². The first-order chi connectivity index (χ1) is 13.7. The number of amides is 3. The van der Waals surface area contributed by atoms with Gasteiger partial charge in [0.15, 0.2) is 5.11 Å². The van der Waals surface area contributed by atoms with Crippen LogP contribution in [0.1, 0.15) is 34.3 Å². The van der Waals surface area contributed by atoms with Crippen molar-refractivity contribution in [1.29, 1.82) is 0 Å². The number of benzene rings is 2. The predicted octanol–water partition coefficient (Wildman–Crippen LogP) is 2.50. The Hall–Kier alpha value is -3.33. The van der Waals surface area contributed by atoms with Crippen molar-refractivity contribution in [3.63, 3.8) is 0 Å². The molecule has 2 rings (SSSR count). The molecule has 0 aromatic heterocycles. The van der Waals surface area contributed by atoms with Crippen LogP contribution in [-0.2, 0) is 9.59 Å². The van der Waals surface area contributed by atoms with Gasteiger partial charge in [-0.25, -0.2) is 4.39 Å². The highest BCUT2D eigenvalue weighted by Gasteiger charge is 2.11. The molecule has 0 bridgehead atoms. The van der Waals surface area contributed by atoms with Gasteiger partial charge in [0.1, 0.15) is 5.82 Å². The fourth-order valence-electron chi connectivity index (χ4n) is 2.39. The largest absolute Gasteiger partial charge is 0.326 e. The summed E-state index contributed by atoms with van der Waals surface area (Å²) in [5.74, 6) is -1.78. The second kappa shape index (κ2) is 10.3. The van der Waals surface area contributed by atoms with Gasteiger partial charge in [0.25, 0.3) is 5.91 Å². The summed E-state index contributed by atoms with van der Waals surface area (Å²) in [7, 11) is 0. The molecule has 0 spiro atoms. The van der Waals surface area contributed by atoms with E-state index in [-0.39, 0.29) is 29.4 Å². The third-order valence-electron chi connectivity index (χ3n) is 3.88. The number of carbonyl (C=O) groups excluding carboxylic acids is 3. The number of thiocarbonyl (C=S) groups is 1. The minimum atomic E-state index is -0.551. The highest BCUT2D eigenvalue weighted by atomic mass is 32.1. The Kier molecular flexibility index (Phi) is 7.79. The summed E-state index contributed by atoms with van der Waals surface area (Å²) in [6.07, 6.45) is -0.0895. The van der Waals surface area contributed by atoms with E-state index < -0.39 is 17.6 Å². The molecule has 0 unspecified atom stereocenters. The third kappa shape index (κ3) is 7.30. The number of rotatable bonds is 5. The summed E-state index contributed by atoms with van der Waals surface area (Å²) in [5, 5.41) is 4.97. The molecule has 0 aliphatic carbocycles. The van der Waals surface area contributed by atoms with E-state index in [1.165, 1.54) is 12.1 Å².